The maximum absolute atomic E-state index is 12.3. The predicted octanol–water partition coefficient (Wildman–Crippen LogP) is 11.7. The van der Waals surface area contributed by atoms with Crippen LogP contribution >= 0.6 is 0 Å². The van der Waals surface area contributed by atoms with E-state index in [9.17, 15) is 9.59 Å². The molecular weight excluding hydrogens is 645 g/mol. The summed E-state index contributed by atoms with van der Waals surface area (Å²) in [6, 6.07) is 32.9. The lowest BCUT2D eigenvalue weighted by molar-refractivity contribution is 0.0725. The first kappa shape index (κ1) is 38.0. The molecule has 0 bridgehead atoms. The highest BCUT2D eigenvalue weighted by atomic mass is 16.5. The predicted molar refractivity (Wildman–Crippen MR) is 204 cm³/mol. The van der Waals surface area contributed by atoms with Gasteiger partial charge in [0.15, 0.2) is 0 Å². The lowest BCUT2D eigenvalue weighted by Crippen LogP contribution is -2.14. The third kappa shape index (κ3) is 11.1. The van der Waals surface area contributed by atoms with Gasteiger partial charge in [-0.1, -0.05) is 76.6 Å². The molecule has 2 saturated carbocycles. The molecule has 0 saturated heterocycles. The van der Waals surface area contributed by atoms with Crippen LogP contribution in [0.3, 0.4) is 0 Å². The molecule has 52 heavy (non-hydrogen) atoms. The lowest BCUT2D eigenvalue weighted by Gasteiger charge is -2.29. The maximum Gasteiger partial charge on any atom is 0.343 e. The van der Waals surface area contributed by atoms with Gasteiger partial charge in [0.05, 0.1) is 34.4 Å². The van der Waals surface area contributed by atoms with Crippen molar-refractivity contribution in [1.82, 2.24) is 0 Å². The number of benzene rings is 4. The largest absolute Gasteiger partial charge is 0.423 e. The molecule has 4 aromatic carbocycles. The van der Waals surface area contributed by atoms with Crippen molar-refractivity contribution in [2.24, 2.45) is 11.8 Å². The summed E-state index contributed by atoms with van der Waals surface area (Å²) in [7, 11) is 0. The average Bonchev–Trinajstić information content (AvgIpc) is 3.19. The summed E-state index contributed by atoms with van der Waals surface area (Å²) >= 11 is 0. The van der Waals surface area contributed by atoms with Crippen molar-refractivity contribution in [3.63, 3.8) is 0 Å². The van der Waals surface area contributed by atoms with Gasteiger partial charge in [-0.2, -0.15) is 10.5 Å². The van der Waals surface area contributed by atoms with E-state index in [1.807, 2.05) is 30.3 Å². The average molecular weight is 695 g/mol. The fourth-order valence-corrected chi connectivity index (χ4v) is 7.37. The quantitative estimate of drug-likeness (QED) is 0.0930. The summed E-state index contributed by atoms with van der Waals surface area (Å²) in [6.07, 6.45) is 15.6. The van der Waals surface area contributed by atoms with E-state index in [1.54, 1.807) is 48.5 Å². The van der Waals surface area contributed by atoms with E-state index < -0.39 is 0 Å². The number of esters is 2. The van der Waals surface area contributed by atoms with Crippen LogP contribution in [0.2, 0.25) is 0 Å². The minimum Gasteiger partial charge on any atom is -0.423 e. The number of unbranched alkanes of at least 4 members (excludes halogenated alkanes) is 2. The smallest absolute Gasteiger partial charge is 0.343 e. The first-order valence-electron chi connectivity index (χ1n) is 19.0. The molecule has 0 spiro atoms. The lowest BCUT2D eigenvalue weighted by atomic mass is 9.77. The van der Waals surface area contributed by atoms with Crippen LogP contribution in [0.4, 0.5) is 0 Å². The van der Waals surface area contributed by atoms with Gasteiger partial charge in [-0.25, -0.2) is 9.59 Å². The third-order valence-electron chi connectivity index (χ3n) is 10.7. The normalized spacial score (nSPS) is 19.5. The number of hydrogen-bond donors (Lipinski definition) is 0. The highest BCUT2D eigenvalue weighted by Gasteiger charge is 2.23. The summed E-state index contributed by atoms with van der Waals surface area (Å²) in [6.45, 7) is 4.58. The molecule has 0 aromatic heterocycles. The molecule has 0 aliphatic heterocycles. The van der Waals surface area contributed by atoms with Gasteiger partial charge in [0.2, 0.25) is 0 Å². The molecule has 2 aliphatic rings. The molecule has 6 nitrogen and oxygen atoms in total. The summed E-state index contributed by atoms with van der Waals surface area (Å²) in [5.41, 5.74) is 4.84. The van der Waals surface area contributed by atoms with Crippen molar-refractivity contribution in [2.75, 3.05) is 0 Å². The first-order valence-corrected chi connectivity index (χ1v) is 19.0. The minimum atomic E-state index is -0.372. The summed E-state index contributed by atoms with van der Waals surface area (Å²) in [4.78, 5) is 24.5. The molecule has 2 aliphatic carbocycles. The Hall–Kier alpha value is -5.20. The standard InChI is InChI=1S/C25H29NO2.C21H21NO2/c1-2-3-4-5-19-6-10-21(11-7-19)22-12-14-23(15-13-22)25(27)28-24-16-8-20(18-26)9-17-24;1-15-2-6-17(7-3-15)18-8-10-19(11-9-18)21(23)24-20-12-4-16(14-22)5-13-20/h8-9,12-17,19,21H,2-7,10-11H2,1H3;4-5,8-13,15,17H,2-3,6-7H2,1H3. The molecule has 6 rings (SSSR count). The highest BCUT2D eigenvalue weighted by Crippen LogP contribution is 2.38. The Balaban J connectivity index is 0.000000203. The van der Waals surface area contributed by atoms with Gasteiger partial charge in [0.25, 0.3) is 0 Å². The van der Waals surface area contributed by atoms with Gasteiger partial charge in [-0.3, -0.25) is 0 Å². The number of nitriles is 2. The molecule has 0 N–H and O–H groups in total. The molecule has 0 radical (unpaired) electrons. The number of nitrogens with zero attached hydrogens (tertiary/aromatic N) is 2. The summed E-state index contributed by atoms with van der Waals surface area (Å²) < 4.78 is 10.7. The van der Waals surface area contributed by atoms with E-state index in [0.717, 1.165) is 11.8 Å². The molecule has 6 heteroatoms. The van der Waals surface area contributed by atoms with Crippen LogP contribution in [0.5, 0.6) is 11.5 Å². The van der Waals surface area contributed by atoms with Crippen LogP contribution in [0.1, 0.15) is 146 Å². The Morgan fingerprint density at radius 1 is 0.577 bits per heavy atom. The van der Waals surface area contributed by atoms with E-state index in [2.05, 4.69) is 44.2 Å². The van der Waals surface area contributed by atoms with Crippen LogP contribution in [-0.2, 0) is 0 Å². The Morgan fingerprint density at radius 3 is 1.37 bits per heavy atom. The summed E-state index contributed by atoms with van der Waals surface area (Å²) in [5, 5.41) is 17.6. The van der Waals surface area contributed by atoms with Crippen LogP contribution < -0.4 is 9.47 Å². The molecule has 0 unspecified atom stereocenters. The zero-order chi connectivity index (χ0) is 36.7. The second kappa shape index (κ2) is 19.4. The van der Waals surface area contributed by atoms with Gasteiger partial charge in [0, 0.05) is 0 Å². The highest BCUT2D eigenvalue weighted by molar-refractivity contribution is 5.91. The Morgan fingerprint density at radius 2 is 0.981 bits per heavy atom. The number of carbonyl (C=O) groups excluding carboxylic acids is 2. The second-order valence-corrected chi connectivity index (χ2v) is 14.5. The van der Waals surface area contributed by atoms with E-state index in [-0.39, 0.29) is 11.9 Å². The topological polar surface area (TPSA) is 100 Å². The first-order chi connectivity index (χ1) is 25.3. The molecule has 0 heterocycles. The van der Waals surface area contributed by atoms with Crippen LogP contribution in [0.25, 0.3) is 0 Å². The zero-order valence-corrected chi connectivity index (χ0v) is 30.6. The number of carbonyl (C=O) groups is 2. The number of hydrogen-bond acceptors (Lipinski definition) is 6. The van der Waals surface area contributed by atoms with E-state index in [4.69, 9.17) is 20.0 Å². The monoisotopic (exact) mass is 694 g/mol. The fraction of sp³-hybridized carbons (Fsp3) is 0.391. The molecule has 268 valence electrons. The molecular formula is C46H50N2O4. The molecule has 2 fully saturated rings. The van der Waals surface area contributed by atoms with Crippen molar-refractivity contribution in [3.8, 4) is 23.6 Å². The van der Waals surface area contributed by atoms with E-state index >= 15 is 0 Å². The fourth-order valence-electron chi connectivity index (χ4n) is 7.37. The van der Waals surface area contributed by atoms with Crippen molar-refractivity contribution < 1.29 is 19.1 Å². The van der Waals surface area contributed by atoms with Crippen LogP contribution in [0.15, 0.2) is 97.1 Å². The van der Waals surface area contributed by atoms with E-state index in [0.29, 0.717) is 45.6 Å². The Labute approximate surface area is 309 Å². The molecule has 4 aromatic rings. The van der Waals surface area contributed by atoms with Crippen molar-refractivity contribution in [3.05, 3.63) is 130 Å². The maximum atomic E-state index is 12.3. The van der Waals surface area contributed by atoms with Gasteiger partial charge >= 0.3 is 11.9 Å². The minimum absolute atomic E-state index is 0.365. The van der Waals surface area contributed by atoms with Crippen molar-refractivity contribution in [1.29, 1.82) is 10.5 Å². The Kier molecular flexibility index (Phi) is 14.2. The van der Waals surface area contributed by atoms with Gasteiger partial charge in [-0.05, 0) is 146 Å². The van der Waals surface area contributed by atoms with Gasteiger partial charge in [0.1, 0.15) is 11.5 Å². The Bertz CT molecular complexity index is 1800. The SMILES string of the molecule is CC1CCC(c2ccc(C(=O)Oc3ccc(C#N)cc3)cc2)CC1.CCCCCC1CCC(c2ccc(C(=O)Oc3ccc(C#N)cc3)cc2)CC1. The van der Waals surface area contributed by atoms with Gasteiger partial charge < -0.3 is 9.47 Å². The van der Waals surface area contributed by atoms with Gasteiger partial charge in [-0.15, -0.1) is 0 Å². The molecule has 0 atom stereocenters. The van der Waals surface area contributed by atoms with Crippen LogP contribution in [0, 0.1) is 34.5 Å². The zero-order valence-electron chi connectivity index (χ0n) is 30.6. The van der Waals surface area contributed by atoms with Crippen molar-refractivity contribution >= 4 is 11.9 Å². The van der Waals surface area contributed by atoms with Crippen molar-refractivity contribution in [2.45, 2.75) is 103 Å². The number of ether oxygens (including phenoxy) is 2. The van der Waals surface area contributed by atoms with Crippen LogP contribution in [-0.4, -0.2) is 11.9 Å². The summed E-state index contributed by atoms with van der Waals surface area (Å²) in [5.74, 6) is 3.14. The number of rotatable bonds is 10. The molecule has 0 amide bonds. The second-order valence-electron chi connectivity index (χ2n) is 14.5. The van der Waals surface area contributed by atoms with E-state index in [1.165, 1.54) is 88.2 Å². The third-order valence-corrected chi connectivity index (χ3v) is 10.7.